The van der Waals surface area contributed by atoms with Gasteiger partial charge in [-0.05, 0) is 48.5 Å². The Hall–Kier alpha value is -0.120. The molecule has 0 N–H and O–H groups in total. The van der Waals surface area contributed by atoms with Gasteiger partial charge in [-0.3, -0.25) is 0 Å². The third-order valence-corrected chi connectivity index (χ3v) is 1.96. The van der Waals surface area contributed by atoms with Crippen LogP contribution in [0.3, 0.4) is 0 Å². The Bertz CT molecular complexity index is 164. The molecule has 0 aromatic heterocycles. The normalized spacial score (nSPS) is 13.1. The van der Waals surface area contributed by atoms with Gasteiger partial charge in [0.05, 0.1) is 31.5 Å². The van der Waals surface area contributed by atoms with Crippen LogP contribution in [0.15, 0.2) is 0 Å². The van der Waals surface area contributed by atoms with Gasteiger partial charge in [-0.2, -0.15) is 0 Å². The zero-order valence-electron chi connectivity index (χ0n) is 11.9. The highest BCUT2D eigenvalue weighted by molar-refractivity contribution is 4.76. The zero-order chi connectivity index (χ0) is 12.8. The van der Waals surface area contributed by atoms with Gasteiger partial charge in [-0.15, -0.1) is 0 Å². The van der Waals surface area contributed by atoms with Gasteiger partial charge >= 0.3 is 0 Å². The molecule has 0 aliphatic carbocycles. The van der Waals surface area contributed by atoms with Crippen molar-refractivity contribution in [1.29, 1.82) is 0 Å². The molecule has 0 saturated heterocycles. The molecule has 98 valence electrons. The van der Waals surface area contributed by atoms with Crippen LogP contribution in [-0.2, 0) is 14.2 Å². The molecule has 0 aromatic rings. The molecule has 0 amide bonds. The largest absolute Gasteiger partial charge is 0.376 e. The van der Waals surface area contributed by atoms with Crippen LogP contribution in [0.1, 0.15) is 48.5 Å². The molecule has 0 spiro atoms. The van der Waals surface area contributed by atoms with Crippen LogP contribution in [0, 0.1) is 0 Å². The zero-order valence-corrected chi connectivity index (χ0v) is 11.9. The van der Waals surface area contributed by atoms with E-state index >= 15 is 0 Å². The lowest BCUT2D eigenvalue weighted by atomic mass is 10.1. The first-order chi connectivity index (χ1) is 7.25. The molecule has 0 saturated carbocycles. The minimum absolute atomic E-state index is 0.177. The molecule has 0 heterocycles. The maximum Gasteiger partial charge on any atom is 0.112 e. The van der Waals surface area contributed by atoms with Crippen molar-refractivity contribution in [2.45, 2.75) is 72.4 Å². The van der Waals surface area contributed by atoms with E-state index in [1.165, 1.54) is 0 Å². The molecule has 0 atom stereocenters. The molecule has 0 radical (unpaired) electrons. The van der Waals surface area contributed by atoms with E-state index in [1.54, 1.807) is 0 Å². The van der Waals surface area contributed by atoms with Gasteiger partial charge in [0.2, 0.25) is 0 Å². The number of rotatable bonds is 8. The predicted molar refractivity (Wildman–Crippen MR) is 66.8 cm³/mol. The Morgan fingerprint density at radius 1 is 0.750 bits per heavy atom. The molecular formula is C13H28O3. The van der Waals surface area contributed by atoms with Gasteiger partial charge in [-0.1, -0.05) is 0 Å². The van der Waals surface area contributed by atoms with Gasteiger partial charge in [0.15, 0.2) is 0 Å². The van der Waals surface area contributed by atoms with Gasteiger partial charge in [0.1, 0.15) is 5.60 Å². The van der Waals surface area contributed by atoms with Crippen LogP contribution in [0.25, 0.3) is 0 Å². The highest BCUT2D eigenvalue weighted by atomic mass is 16.6. The molecule has 0 aliphatic rings. The van der Waals surface area contributed by atoms with Gasteiger partial charge in [-0.25, -0.2) is 0 Å². The monoisotopic (exact) mass is 232 g/mol. The quantitative estimate of drug-likeness (QED) is 0.644. The Labute approximate surface area is 100 Å². The average molecular weight is 232 g/mol. The van der Waals surface area contributed by atoms with E-state index < -0.39 is 0 Å². The van der Waals surface area contributed by atoms with Crippen molar-refractivity contribution in [2.75, 3.05) is 13.2 Å². The van der Waals surface area contributed by atoms with E-state index in [2.05, 4.69) is 0 Å². The van der Waals surface area contributed by atoms with Crippen LogP contribution in [-0.4, -0.2) is 37.1 Å². The fourth-order valence-electron chi connectivity index (χ4n) is 1.36. The van der Waals surface area contributed by atoms with E-state index in [0.717, 1.165) is 0 Å². The van der Waals surface area contributed by atoms with Gasteiger partial charge in [0, 0.05) is 0 Å². The average Bonchev–Trinajstić information content (AvgIpc) is 2.11. The summed E-state index contributed by atoms with van der Waals surface area (Å²) >= 11 is 0. The van der Waals surface area contributed by atoms with E-state index in [-0.39, 0.29) is 23.9 Å². The topological polar surface area (TPSA) is 27.7 Å². The Balaban J connectivity index is 4.23. The van der Waals surface area contributed by atoms with Crippen molar-refractivity contribution in [3.05, 3.63) is 0 Å². The first-order valence-electron chi connectivity index (χ1n) is 6.16. The third kappa shape index (κ3) is 8.08. The first kappa shape index (κ1) is 15.9. The molecule has 0 aromatic carbocycles. The van der Waals surface area contributed by atoms with E-state index in [1.807, 2.05) is 48.5 Å². The van der Waals surface area contributed by atoms with Gasteiger partial charge in [0.25, 0.3) is 0 Å². The number of hydrogen-bond donors (Lipinski definition) is 0. The lowest BCUT2D eigenvalue weighted by Crippen LogP contribution is -2.43. The summed E-state index contributed by atoms with van der Waals surface area (Å²) in [6, 6.07) is 0. The Morgan fingerprint density at radius 3 is 1.38 bits per heavy atom. The Morgan fingerprint density at radius 2 is 1.12 bits per heavy atom. The predicted octanol–water partition coefficient (Wildman–Crippen LogP) is 3.02. The summed E-state index contributed by atoms with van der Waals surface area (Å²) in [6.07, 6.45) is 0.611. The molecule has 16 heavy (non-hydrogen) atoms. The summed E-state index contributed by atoms with van der Waals surface area (Å²) < 4.78 is 17.2. The first-order valence-corrected chi connectivity index (χ1v) is 6.16. The van der Waals surface area contributed by atoms with Crippen LogP contribution in [0.2, 0.25) is 0 Å². The van der Waals surface area contributed by atoms with E-state index in [4.69, 9.17) is 14.2 Å². The number of ether oxygens (including phenoxy) is 3. The summed E-state index contributed by atoms with van der Waals surface area (Å²) in [5.74, 6) is 0. The van der Waals surface area contributed by atoms with Crippen molar-refractivity contribution >= 4 is 0 Å². The lowest BCUT2D eigenvalue weighted by Gasteiger charge is -2.32. The molecule has 3 heteroatoms. The Kier molecular flexibility index (Phi) is 7.20. The third-order valence-electron chi connectivity index (χ3n) is 1.96. The van der Waals surface area contributed by atoms with Crippen molar-refractivity contribution in [1.82, 2.24) is 0 Å². The molecule has 0 rings (SSSR count). The van der Waals surface area contributed by atoms with E-state index in [0.29, 0.717) is 13.2 Å². The molecular weight excluding hydrogens is 204 g/mol. The van der Waals surface area contributed by atoms with Crippen molar-refractivity contribution < 1.29 is 14.2 Å². The molecule has 0 unspecified atom stereocenters. The smallest absolute Gasteiger partial charge is 0.112 e. The summed E-state index contributed by atoms with van der Waals surface area (Å²) in [4.78, 5) is 0. The summed E-state index contributed by atoms with van der Waals surface area (Å²) in [5.41, 5.74) is -0.358. The molecule has 3 nitrogen and oxygen atoms in total. The lowest BCUT2D eigenvalue weighted by molar-refractivity contribution is -0.159. The van der Waals surface area contributed by atoms with Crippen LogP contribution in [0.4, 0.5) is 0 Å². The molecule has 0 aliphatic heterocycles. The maximum absolute atomic E-state index is 5.89. The van der Waals surface area contributed by atoms with Crippen LogP contribution < -0.4 is 0 Å². The summed E-state index contributed by atoms with van der Waals surface area (Å²) in [6.45, 7) is 15.3. The second-order valence-electron chi connectivity index (χ2n) is 5.34. The summed E-state index contributed by atoms with van der Waals surface area (Å²) in [5, 5.41) is 0. The van der Waals surface area contributed by atoms with Crippen LogP contribution >= 0.6 is 0 Å². The maximum atomic E-state index is 5.89. The fraction of sp³-hybridized carbons (Fsp3) is 1.00. The highest BCUT2D eigenvalue weighted by Crippen LogP contribution is 2.16. The van der Waals surface area contributed by atoms with Crippen LogP contribution in [0.5, 0.6) is 0 Å². The molecule has 0 fully saturated rings. The van der Waals surface area contributed by atoms with Gasteiger partial charge < -0.3 is 14.2 Å². The van der Waals surface area contributed by atoms with Crippen molar-refractivity contribution in [3.63, 3.8) is 0 Å². The minimum atomic E-state index is -0.358. The summed E-state index contributed by atoms with van der Waals surface area (Å²) in [7, 11) is 0. The number of hydrogen-bond acceptors (Lipinski definition) is 3. The van der Waals surface area contributed by atoms with E-state index in [9.17, 15) is 0 Å². The van der Waals surface area contributed by atoms with Crippen molar-refractivity contribution in [3.8, 4) is 0 Å². The second kappa shape index (κ2) is 7.25. The SMILES string of the molecule is CC(C)OCC(C)(COC(C)C)OC(C)C. The second-order valence-corrected chi connectivity index (χ2v) is 5.34. The molecule has 0 bridgehead atoms. The fourth-order valence-corrected chi connectivity index (χ4v) is 1.36. The standard InChI is InChI=1S/C13H28O3/c1-10(2)14-8-13(7,16-12(5)6)9-15-11(3)4/h10-12H,8-9H2,1-7H3. The highest BCUT2D eigenvalue weighted by Gasteiger charge is 2.28. The van der Waals surface area contributed by atoms with Crippen molar-refractivity contribution in [2.24, 2.45) is 0 Å². The minimum Gasteiger partial charge on any atom is -0.376 e.